The zero-order chi connectivity index (χ0) is 28.3. The van der Waals surface area contributed by atoms with E-state index in [1.165, 1.54) is 6.08 Å². The number of benzene rings is 2. The van der Waals surface area contributed by atoms with Gasteiger partial charge in [-0.05, 0) is 87.6 Å². The van der Waals surface area contributed by atoms with Crippen molar-refractivity contribution >= 4 is 17.5 Å². The smallest absolute Gasteiger partial charge is 0.253 e. The Kier molecular flexibility index (Phi) is 8.38. The number of aryl methyl sites for hydroxylation is 3. The van der Waals surface area contributed by atoms with Gasteiger partial charge in [-0.25, -0.2) is 0 Å². The van der Waals surface area contributed by atoms with Crippen LogP contribution in [0, 0.1) is 27.7 Å². The Morgan fingerprint density at radius 3 is 2.56 bits per heavy atom. The van der Waals surface area contributed by atoms with E-state index in [4.69, 9.17) is 0 Å². The van der Waals surface area contributed by atoms with Crippen molar-refractivity contribution in [3.05, 3.63) is 99.0 Å². The van der Waals surface area contributed by atoms with Crippen LogP contribution >= 0.6 is 0 Å². The highest BCUT2D eigenvalue weighted by atomic mass is 16.2. The van der Waals surface area contributed by atoms with Gasteiger partial charge in [0.05, 0.1) is 0 Å². The number of nitrogens with one attached hydrogen (secondary N) is 2. The minimum atomic E-state index is -0.228. The monoisotopic (exact) mass is 526 g/mol. The molecule has 0 aliphatic carbocycles. The molecule has 4 rings (SSSR count). The Labute approximate surface area is 230 Å². The molecular formula is C32H38N4O3. The third-order valence-corrected chi connectivity index (χ3v) is 7.64. The number of likely N-dealkylation sites (N-methyl/N-ethyl adjacent to an activating group) is 1. The predicted molar refractivity (Wildman–Crippen MR) is 157 cm³/mol. The first-order chi connectivity index (χ1) is 18.6. The third kappa shape index (κ3) is 5.98. The zero-order valence-corrected chi connectivity index (χ0v) is 23.6. The summed E-state index contributed by atoms with van der Waals surface area (Å²) in [6.07, 6.45) is 2.21. The number of H-pyrrole nitrogens is 1. The van der Waals surface area contributed by atoms with Crippen LogP contribution in [-0.4, -0.2) is 47.4 Å². The Bertz CT molecular complexity index is 1470. The normalized spacial score (nSPS) is 14.8. The molecular weight excluding hydrogens is 488 g/mol. The number of anilines is 1. The Balaban J connectivity index is 1.73. The first-order valence-electron chi connectivity index (χ1n) is 13.5. The van der Waals surface area contributed by atoms with Crippen LogP contribution in [0.15, 0.2) is 59.9 Å². The van der Waals surface area contributed by atoms with E-state index >= 15 is 0 Å². The van der Waals surface area contributed by atoms with Crippen LogP contribution < -0.4 is 15.8 Å². The molecule has 3 aromatic rings. The number of aromatic nitrogens is 1. The van der Waals surface area contributed by atoms with E-state index in [0.29, 0.717) is 24.2 Å². The Morgan fingerprint density at radius 2 is 1.90 bits per heavy atom. The predicted octanol–water partition coefficient (Wildman–Crippen LogP) is 4.82. The van der Waals surface area contributed by atoms with Gasteiger partial charge in [0.15, 0.2) is 0 Å². The maximum absolute atomic E-state index is 13.6. The van der Waals surface area contributed by atoms with E-state index in [2.05, 4.69) is 59.9 Å². The molecule has 2 N–H and O–H groups in total. The SMILES string of the molecule is C=CC(=O)N1CCC(N(CC)c2cc(-c3cccc(C)c3)cc(C(=O)NCc3c(C)cc(C)[nH]c3=O)c2C)C1. The van der Waals surface area contributed by atoms with E-state index < -0.39 is 0 Å². The largest absolute Gasteiger partial charge is 0.367 e. The molecule has 1 atom stereocenters. The number of aromatic amines is 1. The number of carbonyl (C=O) groups excluding carboxylic acids is 2. The number of nitrogens with zero attached hydrogens (tertiary/aromatic N) is 2. The molecule has 2 heterocycles. The van der Waals surface area contributed by atoms with Crippen molar-refractivity contribution in [1.29, 1.82) is 0 Å². The van der Waals surface area contributed by atoms with Crippen molar-refractivity contribution < 1.29 is 9.59 Å². The second-order valence-corrected chi connectivity index (χ2v) is 10.4. The van der Waals surface area contributed by atoms with Crippen LogP contribution in [-0.2, 0) is 11.3 Å². The third-order valence-electron chi connectivity index (χ3n) is 7.64. The summed E-state index contributed by atoms with van der Waals surface area (Å²) < 4.78 is 0. The van der Waals surface area contributed by atoms with Gasteiger partial charge in [-0.3, -0.25) is 14.4 Å². The summed E-state index contributed by atoms with van der Waals surface area (Å²) in [6, 6.07) is 14.4. The van der Waals surface area contributed by atoms with Crippen LogP contribution in [0.5, 0.6) is 0 Å². The minimum Gasteiger partial charge on any atom is -0.367 e. The van der Waals surface area contributed by atoms with E-state index in [9.17, 15) is 14.4 Å². The molecule has 1 saturated heterocycles. The quantitative estimate of drug-likeness (QED) is 0.412. The van der Waals surface area contributed by atoms with Crippen molar-refractivity contribution in [3.63, 3.8) is 0 Å². The van der Waals surface area contributed by atoms with Crippen LogP contribution in [0.3, 0.4) is 0 Å². The lowest BCUT2D eigenvalue weighted by Gasteiger charge is -2.32. The molecule has 0 radical (unpaired) electrons. The van der Waals surface area contributed by atoms with E-state index in [0.717, 1.165) is 52.2 Å². The van der Waals surface area contributed by atoms with Gasteiger partial charge in [0.1, 0.15) is 0 Å². The number of hydrogen-bond donors (Lipinski definition) is 2. The summed E-state index contributed by atoms with van der Waals surface area (Å²) in [5.74, 6) is -0.284. The molecule has 7 heteroatoms. The van der Waals surface area contributed by atoms with Crippen LogP contribution in [0.25, 0.3) is 11.1 Å². The van der Waals surface area contributed by atoms with E-state index in [1.807, 2.05) is 43.9 Å². The van der Waals surface area contributed by atoms with E-state index in [1.54, 1.807) is 0 Å². The molecule has 0 spiro atoms. The van der Waals surface area contributed by atoms with Gasteiger partial charge in [0, 0.05) is 54.7 Å². The van der Waals surface area contributed by atoms with Gasteiger partial charge in [0.25, 0.3) is 11.5 Å². The average molecular weight is 527 g/mol. The maximum Gasteiger partial charge on any atom is 0.253 e. The number of hydrogen-bond acceptors (Lipinski definition) is 4. The van der Waals surface area contributed by atoms with Crippen molar-refractivity contribution in [2.75, 3.05) is 24.5 Å². The minimum absolute atomic E-state index is 0.0553. The van der Waals surface area contributed by atoms with Gasteiger partial charge in [-0.15, -0.1) is 0 Å². The van der Waals surface area contributed by atoms with Crippen molar-refractivity contribution in [2.45, 2.75) is 53.6 Å². The molecule has 1 fully saturated rings. The summed E-state index contributed by atoms with van der Waals surface area (Å²) in [5.41, 5.74) is 7.53. The number of amides is 2. The van der Waals surface area contributed by atoms with Gasteiger partial charge in [-0.1, -0.05) is 36.4 Å². The second kappa shape index (κ2) is 11.7. The summed E-state index contributed by atoms with van der Waals surface area (Å²) in [4.78, 5) is 45.4. The molecule has 204 valence electrons. The van der Waals surface area contributed by atoms with E-state index in [-0.39, 0.29) is 30.0 Å². The van der Waals surface area contributed by atoms with Crippen molar-refractivity contribution in [2.24, 2.45) is 0 Å². The molecule has 0 bridgehead atoms. The van der Waals surface area contributed by atoms with Crippen LogP contribution in [0.4, 0.5) is 5.69 Å². The standard InChI is InChI=1S/C32H38N4O3/c1-7-30(37)35-13-12-26(19-35)36(8-2)29-17-25(24-11-9-10-20(3)14-24)16-27(23(29)6)31(38)33-18-28-21(4)15-22(5)34-32(28)39/h7,9-11,14-17,26H,1,8,12-13,18-19H2,2-6H3,(H,33,38)(H,34,39). The second-order valence-electron chi connectivity index (χ2n) is 10.4. The lowest BCUT2D eigenvalue weighted by atomic mass is 9.95. The fourth-order valence-electron chi connectivity index (χ4n) is 5.54. The molecule has 2 aromatic carbocycles. The lowest BCUT2D eigenvalue weighted by molar-refractivity contribution is -0.125. The van der Waals surface area contributed by atoms with Gasteiger partial charge in [0.2, 0.25) is 5.91 Å². The van der Waals surface area contributed by atoms with Crippen molar-refractivity contribution in [1.82, 2.24) is 15.2 Å². The fraction of sp³-hybridized carbons (Fsp3) is 0.344. The molecule has 2 amide bonds. The highest BCUT2D eigenvalue weighted by Crippen LogP contribution is 2.34. The molecule has 7 nitrogen and oxygen atoms in total. The number of likely N-dealkylation sites (tertiary alicyclic amines) is 1. The van der Waals surface area contributed by atoms with Gasteiger partial charge in [-0.2, -0.15) is 0 Å². The van der Waals surface area contributed by atoms with Crippen LogP contribution in [0.2, 0.25) is 0 Å². The highest BCUT2D eigenvalue weighted by Gasteiger charge is 2.30. The fourth-order valence-corrected chi connectivity index (χ4v) is 5.54. The lowest BCUT2D eigenvalue weighted by Crippen LogP contribution is -2.39. The molecule has 1 aliphatic heterocycles. The first kappa shape index (κ1) is 27.9. The summed E-state index contributed by atoms with van der Waals surface area (Å²) in [5, 5.41) is 2.99. The van der Waals surface area contributed by atoms with Gasteiger partial charge >= 0.3 is 0 Å². The summed E-state index contributed by atoms with van der Waals surface area (Å²) in [6.45, 7) is 15.7. The van der Waals surface area contributed by atoms with Crippen molar-refractivity contribution in [3.8, 4) is 11.1 Å². The maximum atomic E-state index is 13.6. The Morgan fingerprint density at radius 1 is 1.13 bits per heavy atom. The Hall–Kier alpha value is -4.13. The molecule has 39 heavy (non-hydrogen) atoms. The molecule has 1 aromatic heterocycles. The summed E-state index contributed by atoms with van der Waals surface area (Å²) >= 11 is 0. The molecule has 1 aliphatic rings. The topological polar surface area (TPSA) is 85.5 Å². The number of pyridine rings is 1. The average Bonchev–Trinajstić information content (AvgIpc) is 3.38. The van der Waals surface area contributed by atoms with Gasteiger partial charge < -0.3 is 20.1 Å². The number of carbonyl (C=O) groups is 2. The number of rotatable bonds is 8. The summed E-state index contributed by atoms with van der Waals surface area (Å²) in [7, 11) is 0. The first-order valence-corrected chi connectivity index (χ1v) is 13.5. The van der Waals surface area contributed by atoms with Crippen LogP contribution in [0.1, 0.15) is 51.7 Å². The molecule has 0 saturated carbocycles. The molecule has 1 unspecified atom stereocenters. The highest BCUT2D eigenvalue weighted by molar-refractivity contribution is 5.99. The zero-order valence-electron chi connectivity index (χ0n) is 23.6.